The van der Waals surface area contributed by atoms with Gasteiger partial charge in [0.15, 0.2) is 0 Å². The molecule has 2 atom stereocenters. The number of alkyl halides is 4. The van der Waals surface area contributed by atoms with E-state index in [1.807, 2.05) is 13.8 Å². The predicted octanol–water partition coefficient (Wildman–Crippen LogP) is 4.67. The standard InChI is InChI=1S/C15H25BrF3NO/c1-14(2,8-5-9-16)10-20-13(21)11-6-3-4-7-12(11)15(17,18)19/h11-12H,3-10H2,1-2H3,(H,20,21). The summed E-state index contributed by atoms with van der Waals surface area (Å²) in [7, 11) is 0. The fourth-order valence-corrected chi connectivity index (χ4v) is 3.21. The van der Waals surface area contributed by atoms with Crippen LogP contribution in [-0.4, -0.2) is 24.0 Å². The van der Waals surface area contributed by atoms with Crippen LogP contribution in [0.4, 0.5) is 13.2 Å². The maximum atomic E-state index is 13.0. The number of nitrogens with one attached hydrogen (secondary N) is 1. The van der Waals surface area contributed by atoms with E-state index in [0.717, 1.165) is 18.2 Å². The zero-order chi connectivity index (χ0) is 16.1. The van der Waals surface area contributed by atoms with Gasteiger partial charge in [-0.2, -0.15) is 13.2 Å². The molecule has 2 nitrogen and oxygen atoms in total. The molecule has 1 saturated carbocycles. The Morgan fingerprint density at radius 1 is 1.24 bits per heavy atom. The fourth-order valence-electron chi connectivity index (χ4n) is 2.93. The van der Waals surface area contributed by atoms with E-state index in [9.17, 15) is 18.0 Å². The van der Waals surface area contributed by atoms with Crippen LogP contribution in [0.1, 0.15) is 52.4 Å². The Bertz CT molecular complexity index is 344. The largest absolute Gasteiger partial charge is 0.392 e. The lowest BCUT2D eigenvalue weighted by Crippen LogP contribution is -2.44. The van der Waals surface area contributed by atoms with Crippen LogP contribution in [-0.2, 0) is 4.79 Å². The molecule has 0 spiro atoms. The molecule has 21 heavy (non-hydrogen) atoms. The van der Waals surface area contributed by atoms with E-state index in [4.69, 9.17) is 0 Å². The van der Waals surface area contributed by atoms with Crippen molar-refractivity contribution in [3.8, 4) is 0 Å². The van der Waals surface area contributed by atoms with Gasteiger partial charge in [0, 0.05) is 17.8 Å². The van der Waals surface area contributed by atoms with Crippen LogP contribution < -0.4 is 5.32 Å². The molecule has 1 aliphatic rings. The van der Waals surface area contributed by atoms with Crippen molar-refractivity contribution in [1.82, 2.24) is 5.32 Å². The Labute approximate surface area is 133 Å². The van der Waals surface area contributed by atoms with Gasteiger partial charge < -0.3 is 5.32 Å². The molecular formula is C15H25BrF3NO. The molecule has 1 amide bonds. The van der Waals surface area contributed by atoms with Crippen molar-refractivity contribution in [1.29, 1.82) is 0 Å². The normalized spacial score (nSPS) is 23.9. The lowest BCUT2D eigenvalue weighted by Gasteiger charge is -2.33. The quantitative estimate of drug-likeness (QED) is 0.675. The third-order valence-electron chi connectivity index (χ3n) is 4.25. The van der Waals surface area contributed by atoms with E-state index in [-0.39, 0.29) is 11.8 Å². The van der Waals surface area contributed by atoms with Crippen molar-refractivity contribution in [2.45, 2.75) is 58.5 Å². The molecule has 124 valence electrons. The smallest absolute Gasteiger partial charge is 0.355 e. The Morgan fingerprint density at radius 2 is 1.86 bits per heavy atom. The first-order valence-electron chi connectivity index (χ1n) is 7.58. The summed E-state index contributed by atoms with van der Waals surface area (Å²) in [6, 6.07) is 0. The second-order valence-corrected chi connectivity index (χ2v) is 7.51. The van der Waals surface area contributed by atoms with E-state index in [2.05, 4.69) is 21.2 Å². The van der Waals surface area contributed by atoms with Gasteiger partial charge in [-0.05, 0) is 31.1 Å². The van der Waals surface area contributed by atoms with Crippen molar-refractivity contribution in [2.75, 3.05) is 11.9 Å². The van der Waals surface area contributed by atoms with E-state index < -0.39 is 23.9 Å². The lowest BCUT2D eigenvalue weighted by atomic mass is 9.78. The van der Waals surface area contributed by atoms with Gasteiger partial charge in [0.25, 0.3) is 0 Å². The molecule has 0 bridgehead atoms. The van der Waals surface area contributed by atoms with Crippen LogP contribution in [0.25, 0.3) is 0 Å². The highest BCUT2D eigenvalue weighted by molar-refractivity contribution is 9.09. The highest BCUT2D eigenvalue weighted by Crippen LogP contribution is 2.41. The fraction of sp³-hybridized carbons (Fsp3) is 0.933. The Hall–Kier alpha value is -0.260. The van der Waals surface area contributed by atoms with E-state index >= 15 is 0 Å². The molecule has 1 rings (SSSR count). The van der Waals surface area contributed by atoms with Crippen molar-refractivity contribution in [3.63, 3.8) is 0 Å². The molecule has 0 aromatic carbocycles. The highest BCUT2D eigenvalue weighted by Gasteiger charge is 2.48. The van der Waals surface area contributed by atoms with Gasteiger partial charge in [0.2, 0.25) is 5.91 Å². The first kappa shape index (κ1) is 18.8. The van der Waals surface area contributed by atoms with Gasteiger partial charge in [-0.3, -0.25) is 4.79 Å². The maximum absolute atomic E-state index is 13.0. The van der Waals surface area contributed by atoms with Crippen molar-refractivity contribution < 1.29 is 18.0 Å². The van der Waals surface area contributed by atoms with Gasteiger partial charge in [-0.25, -0.2) is 0 Å². The molecule has 6 heteroatoms. The first-order valence-corrected chi connectivity index (χ1v) is 8.70. The van der Waals surface area contributed by atoms with Gasteiger partial charge in [-0.15, -0.1) is 0 Å². The minimum atomic E-state index is -4.27. The zero-order valence-electron chi connectivity index (χ0n) is 12.7. The average molecular weight is 372 g/mol. The lowest BCUT2D eigenvalue weighted by molar-refractivity contribution is -0.198. The number of carbonyl (C=O) groups is 1. The summed E-state index contributed by atoms with van der Waals surface area (Å²) in [5.74, 6) is -2.81. The molecule has 2 unspecified atom stereocenters. The van der Waals surface area contributed by atoms with Crippen LogP contribution in [0.15, 0.2) is 0 Å². The summed E-state index contributed by atoms with van der Waals surface area (Å²) in [5, 5.41) is 3.64. The third kappa shape index (κ3) is 6.17. The summed E-state index contributed by atoms with van der Waals surface area (Å²) in [4.78, 5) is 12.2. The maximum Gasteiger partial charge on any atom is 0.392 e. The number of hydrogen-bond acceptors (Lipinski definition) is 1. The number of halogens is 4. The van der Waals surface area contributed by atoms with E-state index in [0.29, 0.717) is 25.8 Å². The summed E-state index contributed by atoms with van der Waals surface area (Å²) in [6.07, 6.45) is -0.675. The van der Waals surface area contributed by atoms with Crippen molar-refractivity contribution >= 4 is 21.8 Å². The first-order chi connectivity index (χ1) is 9.67. The number of carbonyl (C=O) groups excluding carboxylic acids is 1. The van der Waals surface area contributed by atoms with E-state index in [1.165, 1.54) is 0 Å². The second-order valence-electron chi connectivity index (χ2n) is 6.71. The topological polar surface area (TPSA) is 29.1 Å². The summed E-state index contributed by atoms with van der Waals surface area (Å²) in [5.41, 5.74) is -0.0914. The van der Waals surface area contributed by atoms with Gasteiger partial charge in [-0.1, -0.05) is 42.6 Å². The van der Waals surface area contributed by atoms with Crippen LogP contribution in [0, 0.1) is 17.3 Å². The SMILES string of the molecule is CC(C)(CCCBr)CNC(=O)C1CCCCC1C(F)(F)F. The third-order valence-corrected chi connectivity index (χ3v) is 4.81. The summed E-state index contributed by atoms with van der Waals surface area (Å²) in [6.45, 7) is 4.48. The highest BCUT2D eigenvalue weighted by atomic mass is 79.9. The molecule has 0 radical (unpaired) electrons. The van der Waals surface area contributed by atoms with Gasteiger partial charge in [0.1, 0.15) is 0 Å². The Morgan fingerprint density at radius 3 is 2.43 bits per heavy atom. The van der Waals surface area contributed by atoms with Crippen molar-refractivity contribution in [2.24, 2.45) is 17.3 Å². The Balaban J connectivity index is 2.56. The second kappa shape index (κ2) is 7.84. The molecule has 0 aromatic heterocycles. The van der Waals surface area contributed by atoms with Gasteiger partial charge >= 0.3 is 6.18 Å². The van der Waals surface area contributed by atoms with Crippen LogP contribution in [0.2, 0.25) is 0 Å². The molecular weight excluding hydrogens is 347 g/mol. The van der Waals surface area contributed by atoms with Crippen LogP contribution >= 0.6 is 15.9 Å². The molecule has 0 heterocycles. The Kier molecular flexibility index (Phi) is 7.01. The minimum Gasteiger partial charge on any atom is -0.355 e. The van der Waals surface area contributed by atoms with Crippen LogP contribution in [0.3, 0.4) is 0 Å². The minimum absolute atomic E-state index is 0.0779. The number of rotatable bonds is 6. The molecule has 0 aliphatic heterocycles. The summed E-state index contributed by atoms with van der Waals surface area (Å²) >= 11 is 3.36. The van der Waals surface area contributed by atoms with E-state index in [1.54, 1.807) is 0 Å². The van der Waals surface area contributed by atoms with Crippen LogP contribution in [0.5, 0.6) is 0 Å². The molecule has 1 fully saturated rings. The van der Waals surface area contributed by atoms with Crippen molar-refractivity contribution in [3.05, 3.63) is 0 Å². The molecule has 0 aromatic rings. The van der Waals surface area contributed by atoms with Gasteiger partial charge in [0.05, 0.1) is 5.92 Å². The molecule has 0 saturated heterocycles. The average Bonchev–Trinajstić information content (AvgIpc) is 2.42. The molecule has 1 aliphatic carbocycles. The predicted molar refractivity (Wildman–Crippen MR) is 81.3 cm³/mol. The summed E-state index contributed by atoms with van der Waals surface area (Å²) < 4.78 is 39.0. The number of amides is 1. The monoisotopic (exact) mass is 371 g/mol. The zero-order valence-corrected chi connectivity index (χ0v) is 14.3. The number of hydrogen-bond donors (Lipinski definition) is 1. The molecule has 1 N–H and O–H groups in total.